The predicted octanol–water partition coefficient (Wildman–Crippen LogP) is 5.02. The van der Waals surface area contributed by atoms with Crippen LogP contribution in [0.15, 0.2) is 46.9 Å². The highest BCUT2D eigenvalue weighted by atomic mass is 79.9. The molecule has 23 heavy (non-hydrogen) atoms. The maximum atomic E-state index is 10.7. The molecule has 0 bridgehead atoms. The lowest BCUT2D eigenvalue weighted by Gasteiger charge is -1.98. The number of nitrogens with one attached hydrogen (secondary N) is 1. The Morgan fingerprint density at radius 1 is 1.17 bits per heavy atom. The molecule has 3 aromatic rings. The number of rotatable bonds is 4. The Balaban J connectivity index is 1.89. The van der Waals surface area contributed by atoms with Gasteiger partial charge in [0.15, 0.2) is 0 Å². The molecule has 1 N–H and O–H groups in total. The Hall–Kier alpha value is -2.60. The third-order valence-corrected chi connectivity index (χ3v) is 4.17. The van der Waals surface area contributed by atoms with Crippen LogP contribution in [0.25, 0.3) is 23.1 Å². The number of hydrogen-bond donors (Lipinski definition) is 1. The molecule has 2 aromatic carbocycles. The van der Waals surface area contributed by atoms with Gasteiger partial charge in [-0.3, -0.25) is 10.1 Å². The second kappa shape index (κ2) is 6.26. The highest BCUT2D eigenvalue weighted by Gasteiger charge is 2.07. The van der Waals surface area contributed by atoms with E-state index in [9.17, 15) is 10.1 Å². The molecule has 6 heteroatoms. The molecule has 0 radical (unpaired) electrons. The fraction of sp³-hybridized carbons (Fsp3) is 0.0588. The van der Waals surface area contributed by atoms with Crippen LogP contribution in [0.3, 0.4) is 0 Å². The van der Waals surface area contributed by atoms with Crippen LogP contribution in [0.4, 0.5) is 5.69 Å². The maximum absolute atomic E-state index is 10.7. The zero-order chi connectivity index (χ0) is 16.4. The molecule has 0 aliphatic rings. The van der Waals surface area contributed by atoms with Crippen molar-refractivity contribution in [2.45, 2.75) is 0 Å². The molecule has 0 aliphatic heterocycles. The van der Waals surface area contributed by atoms with Gasteiger partial charge in [0.25, 0.3) is 5.69 Å². The summed E-state index contributed by atoms with van der Waals surface area (Å²) >= 11 is 3.36. The van der Waals surface area contributed by atoms with Crippen molar-refractivity contribution in [3.8, 4) is 5.75 Å². The number of non-ortho nitro benzene ring substituents is 1. The van der Waals surface area contributed by atoms with Crippen molar-refractivity contribution >= 4 is 44.7 Å². The molecule has 0 unspecified atom stereocenters. The molecule has 3 rings (SSSR count). The number of nitro benzene ring substituents is 1. The van der Waals surface area contributed by atoms with Gasteiger partial charge < -0.3 is 9.72 Å². The van der Waals surface area contributed by atoms with Gasteiger partial charge in [-0.05, 0) is 57.9 Å². The van der Waals surface area contributed by atoms with Crippen LogP contribution in [0.2, 0.25) is 0 Å². The highest BCUT2D eigenvalue weighted by Crippen LogP contribution is 2.26. The average Bonchev–Trinajstić information content (AvgIpc) is 2.95. The number of H-pyrrole nitrogens is 1. The smallest absolute Gasteiger partial charge is 0.270 e. The molecule has 1 heterocycles. The van der Waals surface area contributed by atoms with E-state index in [1.165, 1.54) is 12.1 Å². The lowest BCUT2D eigenvalue weighted by Crippen LogP contribution is -1.88. The van der Waals surface area contributed by atoms with E-state index >= 15 is 0 Å². The molecular formula is C17H13BrN2O3. The van der Waals surface area contributed by atoms with E-state index in [0.29, 0.717) is 4.47 Å². The quantitative estimate of drug-likeness (QED) is 0.516. The van der Waals surface area contributed by atoms with Crippen LogP contribution in [-0.4, -0.2) is 17.0 Å². The lowest BCUT2D eigenvalue weighted by molar-refractivity contribution is -0.384. The number of aromatic nitrogens is 1. The molecule has 116 valence electrons. The molecule has 1 aromatic heterocycles. The monoisotopic (exact) mass is 372 g/mol. The van der Waals surface area contributed by atoms with E-state index < -0.39 is 4.92 Å². The molecule has 0 atom stereocenters. The van der Waals surface area contributed by atoms with E-state index in [2.05, 4.69) is 20.9 Å². The van der Waals surface area contributed by atoms with E-state index in [1.807, 2.05) is 36.4 Å². The summed E-state index contributed by atoms with van der Waals surface area (Å²) < 4.78 is 5.90. The van der Waals surface area contributed by atoms with Gasteiger partial charge in [-0.25, -0.2) is 0 Å². The highest BCUT2D eigenvalue weighted by molar-refractivity contribution is 9.10. The first-order chi connectivity index (χ1) is 11.1. The summed E-state index contributed by atoms with van der Waals surface area (Å²) in [6.07, 6.45) is 3.83. The zero-order valence-electron chi connectivity index (χ0n) is 12.2. The number of hydrogen-bond acceptors (Lipinski definition) is 3. The standard InChI is InChI=1S/C17H13BrN2O3/c1-23-15-6-7-17-12(9-15)8-13(19-17)4-2-11-3-5-14(20(21)22)10-16(11)18/h2-10,19H,1H3. The third-order valence-electron chi connectivity index (χ3n) is 3.49. The number of fused-ring (bicyclic) bond motifs is 1. The van der Waals surface area contributed by atoms with Gasteiger partial charge in [-0.15, -0.1) is 0 Å². The number of ether oxygens (including phenoxy) is 1. The Bertz CT molecular complexity index is 915. The maximum Gasteiger partial charge on any atom is 0.270 e. The first-order valence-electron chi connectivity index (χ1n) is 6.85. The van der Waals surface area contributed by atoms with Gasteiger partial charge in [0.2, 0.25) is 0 Å². The van der Waals surface area contributed by atoms with Gasteiger partial charge in [-0.1, -0.05) is 6.08 Å². The van der Waals surface area contributed by atoms with Crippen molar-refractivity contribution in [3.05, 3.63) is 68.3 Å². The van der Waals surface area contributed by atoms with Crippen molar-refractivity contribution in [2.75, 3.05) is 7.11 Å². The second-order valence-electron chi connectivity index (χ2n) is 4.97. The largest absolute Gasteiger partial charge is 0.497 e. The fourth-order valence-corrected chi connectivity index (χ4v) is 2.79. The number of nitrogens with zero attached hydrogens (tertiary/aromatic N) is 1. The second-order valence-corrected chi connectivity index (χ2v) is 5.83. The number of halogens is 1. The van der Waals surface area contributed by atoms with Crippen molar-refractivity contribution < 1.29 is 9.66 Å². The molecule has 0 saturated heterocycles. The minimum atomic E-state index is -0.413. The lowest BCUT2D eigenvalue weighted by atomic mass is 10.2. The summed E-state index contributed by atoms with van der Waals surface area (Å²) in [6.45, 7) is 0. The Labute approximate surface area is 140 Å². The van der Waals surface area contributed by atoms with Gasteiger partial charge in [0, 0.05) is 33.2 Å². The van der Waals surface area contributed by atoms with Gasteiger partial charge in [0.1, 0.15) is 5.75 Å². The van der Waals surface area contributed by atoms with Crippen LogP contribution < -0.4 is 4.74 Å². The SMILES string of the molecule is COc1ccc2[nH]c(C=Cc3ccc([N+](=O)[O-])cc3Br)cc2c1. The van der Waals surface area contributed by atoms with Crippen LogP contribution in [-0.2, 0) is 0 Å². The molecule has 0 fully saturated rings. The Morgan fingerprint density at radius 3 is 2.70 bits per heavy atom. The van der Waals surface area contributed by atoms with Gasteiger partial charge in [0.05, 0.1) is 12.0 Å². The van der Waals surface area contributed by atoms with Crippen LogP contribution in [0.1, 0.15) is 11.3 Å². The summed E-state index contributed by atoms with van der Waals surface area (Å²) in [5.41, 5.74) is 2.89. The summed E-state index contributed by atoms with van der Waals surface area (Å²) in [5.74, 6) is 0.810. The minimum Gasteiger partial charge on any atom is -0.497 e. The molecule has 0 aliphatic carbocycles. The summed E-state index contributed by atoms with van der Waals surface area (Å²) in [7, 11) is 1.64. The molecule has 0 spiro atoms. The minimum absolute atomic E-state index is 0.0618. The number of aromatic amines is 1. The summed E-state index contributed by atoms with van der Waals surface area (Å²) in [4.78, 5) is 13.6. The van der Waals surface area contributed by atoms with E-state index in [4.69, 9.17) is 4.74 Å². The van der Waals surface area contributed by atoms with Gasteiger partial charge in [-0.2, -0.15) is 0 Å². The molecular weight excluding hydrogens is 360 g/mol. The number of benzene rings is 2. The average molecular weight is 373 g/mol. The first kappa shape index (κ1) is 15.3. The van der Waals surface area contributed by atoms with Crippen molar-refractivity contribution in [3.63, 3.8) is 0 Å². The summed E-state index contributed by atoms with van der Waals surface area (Å²) in [5, 5.41) is 11.8. The number of methoxy groups -OCH3 is 1. The van der Waals surface area contributed by atoms with Crippen LogP contribution in [0, 0.1) is 10.1 Å². The normalized spacial score (nSPS) is 11.2. The summed E-state index contributed by atoms with van der Waals surface area (Å²) in [6, 6.07) is 12.5. The predicted molar refractivity (Wildman–Crippen MR) is 94.6 cm³/mol. The van der Waals surface area contributed by atoms with Gasteiger partial charge >= 0.3 is 0 Å². The fourth-order valence-electron chi connectivity index (χ4n) is 2.29. The van der Waals surface area contributed by atoms with E-state index in [-0.39, 0.29) is 5.69 Å². The van der Waals surface area contributed by atoms with Crippen molar-refractivity contribution in [2.24, 2.45) is 0 Å². The van der Waals surface area contributed by atoms with Crippen molar-refractivity contribution in [1.82, 2.24) is 4.98 Å². The van der Waals surface area contributed by atoms with Crippen LogP contribution in [0.5, 0.6) is 5.75 Å². The molecule has 5 nitrogen and oxygen atoms in total. The van der Waals surface area contributed by atoms with E-state index in [0.717, 1.165) is 27.9 Å². The number of nitro groups is 1. The molecule has 0 amide bonds. The third kappa shape index (κ3) is 3.27. The Morgan fingerprint density at radius 2 is 2.00 bits per heavy atom. The van der Waals surface area contributed by atoms with E-state index in [1.54, 1.807) is 13.2 Å². The first-order valence-corrected chi connectivity index (χ1v) is 7.65. The van der Waals surface area contributed by atoms with Crippen molar-refractivity contribution in [1.29, 1.82) is 0 Å². The zero-order valence-corrected chi connectivity index (χ0v) is 13.8. The Kier molecular flexibility index (Phi) is 4.16. The topological polar surface area (TPSA) is 68.2 Å². The molecule has 0 saturated carbocycles. The van der Waals surface area contributed by atoms with Crippen LogP contribution >= 0.6 is 15.9 Å².